The van der Waals surface area contributed by atoms with Crippen molar-refractivity contribution in [3.05, 3.63) is 240 Å². The summed E-state index contributed by atoms with van der Waals surface area (Å²) in [6.07, 6.45) is 11.8. The fourth-order valence-corrected chi connectivity index (χ4v) is 9.58. The van der Waals surface area contributed by atoms with Gasteiger partial charge in [0.15, 0.2) is 5.82 Å². The Morgan fingerprint density at radius 3 is 1.69 bits per heavy atom. The molecule has 4 heteroatoms. The van der Waals surface area contributed by atoms with Gasteiger partial charge in [0.05, 0.1) is 23.3 Å². The monoisotopic (exact) mass is 758 g/mol. The highest BCUT2D eigenvalue weighted by molar-refractivity contribution is 5.84. The highest BCUT2D eigenvalue weighted by Crippen LogP contribution is 2.56. The zero-order chi connectivity index (χ0) is 39.1. The van der Waals surface area contributed by atoms with Crippen molar-refractivity contribution in [2.75, 3.05) is 0 Å². The molecule has 4 nitrogen and oxygen atoms in total. The van der Waals surface area contributed by atoms with Gasteiger partial charge in [-0.2, -0.15) is 5.10 Å². The summed E-state index contributed by atoms with van der Waals surface area (Å²) >= 11 is 0. The van der Waals surface area contributed by atoms with Crippen LogP contribution in [0.3, 0.4) is 0 Å². The molecule has 7 aromatic carbocycles. The van der Waals surface area contributed by atoms with E-state index >= 15 is 0 Å². The van der Waals surface area contributed by atoms with Crippen molar-refractivity contribution >= 4 is 17.1 Å². The van der Waals surface area contributed by atoms with Crippen LogP contribution in [0, 0.1) is 0 Å². The zero-order valence-electron chi connectivity index (χ0n) is 32.6. The summed E-state index contributed by atoms with van der Waals surface area (Å²) in [6, 6.07) is 66.1. The van der Waals surface area contributed by atoms with E-state index in [4.69, 9.17) is 15.1 Å². The fourth-order valence-electron chi connectivity index (χ4n) is 9.58. The first-order chi connectivity index (χ1) is 29.3. The van der Waals surface area contributed by atoms with Crippen molar-refractivity contribution in [1.29, 1.82) is 0 Å². The second kappa shape index (κ2) is 15.0. The van der Waals surface area contributed by atoms with Crippen LogP contribution in [0.1, 0.15) is 69.8 Å². The molecule has 0 spiro atoms. The Balaban J connectivity index is 0.875. The summed E-state index contributed by atoms with van der Waals surface area (Å²) in [5.74, 6) is 1.31. The molecule has 5 unspecified atom stereocenters. The maximum atomic E-state index is 5.20. The molecule has 0 saturated carbocycles. The number of hydrogen-bond acceptors (Lipinski definition) is 4. The van der Waals surface area contributed by atoms with Crippen molar-refractivity contribution in [3.63, 3.8) is 0 Å². The lowest BCUT2D eigenvalue weighted by molar-refractivity contribution is 0.121. The largest absolute Gasteiger partial charge is 0.280 e. The van der Waals surface area contributed by atoms with Crippen LogP contribution in [0.25, 0.3) is 44.5 Å². The highest BCUT2D eigenvalue weighted by Gasteiger charge is 2.47. The van der Waals surface area contributed by atoms with Crippen LogP contribution in [0.5, 0.6) is 0 Å². The van der Waals surface area contributed by atoms with Gasteiger partial charge in [-0.05, 0) is 62.6 Å². The molecule has 8 aromatic rings. The summed E-state index contributed by atoms with van der Waals surface area (Å²) in [5.41, 5.74) is 14.4. The average molecular weight is 759 g/mol. The van der Waals surface area contributed by atoms with E-state index in [9.17, 15) is 0 Å². The quantitative estimate of drug-likeness (QED) is 0.163. The lowest BCUT2D eigenvalue weighted by atomic mass is 9.72. The van der Waals surface area contributed by atoms with Gasteiger partial charge in [0.25, 0.3) is 0 Å². The van der Waals surface area contributed by atoms with Crippen LogP contribution in [0.2, 0.25) is 0 Å². The number of para-hydroxylation sites is 1. The number of nitrogens with zero attached hydrogens (tertiary/aromatic N) is 4. The van der Waals surface area contributed by atoms with Gasteiger partial charge in [-0.1, -0.05) is 200 Å². The molecule has 0 amide bonds. The van der Waals surface area contributed by atoms with Gasteiger partial charge in [-0.3, -0.25) is 5.01 Å². The Morgan fingerprint density at radius 2 is 1.03 bits per heavy atom. The standard InChI is InChI=1S/C55H42N4/c1-4-14-41(15-5-1)49-36-56-59-53(44-18-8-3-9-19-44)51(46-20-10-11-21-47(46)54(49)59)42-32-28-39(29-33-42)37-24-26-38(27-25-37)40-30-34-45(35-31-40)55-57-50-23-13-12-22-48(50)52(58-55)43-16-6-2-7-17-43/h1-16,18-36,43,49,51,53-54H,17H2. The molecule has 3 aliphatic rings. The third-order valence-electron chi connectivity index (χ3n) is 12.5. The van der Waals surface area contributed by atoms with Gasteiger partial charge < -0.3 is 0 Å². The van der Waals surface area contributed by atoms with Gasteiger partial charge in [-0.25, -0.2) is 9.97 Å². The number of benzene rings is 7. The third kappa shape index (κ3) is 6.38. The van der Waals surface area contributed by atoms with E-state index in [1.54, 1.807) is 0 Å². The van der Waals surface area contributed by atoms with Gasteiger partial charge >= 0.3 is 0 Å². The van der Waals surface area contributed by atoms with Crippen LogP contribution in [0.15, 0.2) is 211 Å². The first-order valence-electron chi connectivity index (χ1n) is 20.7. The Labute approximate surface area is 345 Å². The van der Waals surface area contributed by atoms with Crippen LogP contribution in [-0.4, -0.2) is 21.2 Å². The smallest absolute Gasteiger partial charge is 0.160 e. The summed E-state index contributed by atoms with van der Waals surface area (Å²) in [4.78, 5) is 10.1. The van der Waals surface area contributed by atoms with E-state index in [2.05, 4.69) is 218 Å². The van der Waals surface area contributed by atoms with E-state index in [0.717, 1.165) is 40.0 Å². The van der Waals surface area contributed by atoms with Crippen molar-refractivity contribution in [2.24, 2.45) is 5.10 Å². The SMILES string of the molecule is C1=CCC(c2nc(-c3ccc(-c4ccc(-c5ccc(C6c7ccccc7C7C(c8ccccc8)C=NN7C6c6ccccc6)cc5)cc4)cc3)nc3ccccc23)C=C1. The predicted molar refractivity (Wildman–Crippen MR) is 241 cm³/mol. The molecule has 282 valence electrons. The third-order valence-corrected chi connectivity index (χ3v) is 12.5. The molecule has 1 aliphatic carbocycles. The molecule has 5 atom stereocenters. The molecule has 11 rings (SSSR count). The number of hydrogen-bond donors (Lipinski definition) is 0. The highest BCUT2D eigenvalue weighted by atomic mass is 15.5. The summed E-state index contributed by atoms with van der Waals surface area (Å²) in [6.45, 7) is 0. The maximum absolute atomic E-state index is 5.20. The zero-order valence-corrected chi connectivity index (χ0v) is 32.6. The normalized spacial score (nSPS) is 20.4. The first-order valence-corrected chi connectivity index (χ1v) is 20.7. The molecule has 2 aliphatic heterocycles. The van der Waals surface area contributed by atoms with Gasteiger partial charge in [0, 0.05) is 34.9 Å². The second-order valence-corrected chi connectivity index (χ2v) is 15.9. The van der Waals surface area contributed by atoms with Crippen LogP contribution in [-0.2, 0) is 0 Å². The van der Waals surface area contributed by atoms with Crippen LogP contribution in [0.4, 0.5) is 0 Å². The first kappa shape index (κ1) is 35.0. The molecule has 3 heterocycles. The molecule has 0 radical (unpaired) electrons. The van der Waals surface area contributed by atoms with Crippen molar-refractivity contribution in [2.45, 2.75) is 36.3 Å². The predicted octanol–water partition coefficient (Wildman–Crippen LogP) is 13.2. The maximum Gasteiger partial charge on any atom is 0.160 e. The van der Waals surface area contributed by atoms with E-state index < -0.39 is 0 Å². The van der Waals surface area contributed by atoms with E-state index in [1.165, 1.54) is 44.5 Å². The summed E-state index contributed by atoms with van der Waals surface area (Å²) < 4.78 is 0. The number of rotatable bonds is 7. The van der Waals surface area contributed by atoms with E-state index in [-0.39, 0.29) is 29.8 Å². The number of fused-ring (bicyclic) bond motifs is 4. The minimum atomic E-state index is 0.0545. The summed E-state index contributed by atoms with van der Waals surface area (Å²) in [5, 5.41) is 8.70. The van der Waals surface area contributed by atoms with E-state index in [1.807, 2.05) is 0 Å². The molecule has 1 aromatic heterocycles. The number of hydrazone groups is 1. The topological polar surface area (TPSA) is 41.4 Å². The molecule has 59 heavy (non-hydrogen) atoms. The number of allylic oxidation sites excluding steroid dienone is 4. The van der Waals surface area contributed by atoms with E-state index in [0.29, 0.717) is 0 Å². The Morgan fingerprint density at radius 1 is 0.458 bits per heavy atom. The minimum Gasteiger partial charge on any atom is -0.280 e. The molecule has 0 bridgehead atoms. The van der Waals surface area contributed by atoms with Gasteiger partial charge in [0.2, 0.25) is 0 Å². The van der Waals surface area contributed by atoms with Gasteiger partial charge in [0.1, 0.15) is 0 Å². The second-order valence-electron chi connectivity index (χ2n) is 15.9. The van der Waals surface area contributed by atoms with Crippen molar-refractivity contribution in [1.82, 2.24) is 15.0 Å². The molecule has 0 N–H and O–H groups in total. The molecule has 0 fully saturated rings. The fraction of sp³-hybridized carbons (Fsp3) is 0.109. The number of aromatic nitrogens is 2. The lowest BCUT2D eigenvalue weighted by Gasteiger charge is -2.45. The lowest BCUT2D eigenvalue weighted by Crippen LogP contribution is -2.37. The van der Waals surface area contributed by atoms with Crippen molar-refractivity contribution in [3.8, 4) is 33.6 Å². The average Bonchev–Trinajstić information content (AvgIpc) is 3.77. The molecule has 0 saturated heterocycles. The van der Waals surface area contributed by atoms with Crippen LogP contribution < -0.4 is 0 Å². The Bertz CT molecular complexity index is 2860. The Kier molecular flexibility index (Phi) is 8.89. The molecular weight excluding hydrogens is 717 g/mol. The van der Waals surface area contributed by atoms with Crippen LogP contribution >= 0.6 is 0 Å². The van der Waals surface area contributed by atoms with Gasteiger partial charge in [-0.15, -0.1) is 0 Å². The van der Waals surface area contributed by atoms with Crippen molar-refractivity contribution < 1.29 is 0 Å². The summed E-state index contributed by atoms with van der Waals surface area (Å²) in [7, 11) is 0. The Hall–Kier alpha value is -7.17. The minimum absolute atomic E-state index is 0.0545. The molecular formula is C55H42N4.